The van der Waals surface area contributed by atoms with Crippen LogP contribution in [0.2, 0.25) is 0 Å². The Labute approximate surface area is 412 Å². The van der Waals surface area contributed by atoms with Crippen LogP contribution in [-0.2, 0) is 10.8 Å². The van der Waals surface area contributed by atoms with Gasteiger partial charge >= 0.3 is 0 Å². The molecule has 5 heteroatoms. The van der Waals surface area contributed by atoms with Crippen LogP contribution in [0.5, 0.6) is 0 Å². The Morgan fingerprint density at radius 2 is 1.00 bits per heavy atom. The van der Waals surface area contributed by atoms with Gasteiger partial charge in [0.05, 0.1) is 45.1 Å². The highest BCUT2D eigenvalue weighted by Gasteiger charge is 2.56. The predicted octanol–water partition coefficient (Wildman–Crippen LogP) is 16.3. The number of furan rings is 1. The molecule has 71 heavy (non-hydrogen) atoms. The summed E-state index contributed by atoms with van der Waals surface area (Å²) in [5.74, 6) is 0. The number of para-hydroxylation sites is 3. The van der Waals surface area contributed by atoms with Crippen molar-refractivity contribution in [1.29, 1.82) is 0 Å². The van der Waals surface area contributed by atoms with Gasteiger partial charge in [-0.1, -0.05) is 169 Å². The molecule has 0 fully saturated rings. The fourth-order valence-corrected chi connectivity index (χ4v) is 14.9. The molecule has 0 saturated heterocycles. The van der Waals surface area contributed by atoms with Gasteiger partial charge in [0.2, 0.25) is 0 Å². The van der Waals surface area contributed by atoms with Gasteiger partial charge in [-0.05, 0) is 121 Å². The second-order valence-corrected chi connectivity index (χ2v) is 20.6. The summed E-state index contributed by atoms with van der Waals surface area (Å²) in [5, 5.41) is 4.62. The minimum Gasteiger partial charge on any atom is -0.455 e. The van der Waals surface area contributed by atoms with Crippen molar-refractivity contribution in [2.45, 2.75) is 20.6 Å². The second-order valence-electron chi connectivity index (χ2n) is 19.5. The van der Waals surface area contributed by atoms with Crippen molar-refractivity contribution in [1.82, 2.24) is 14.5 Å². The molecule has 9 aromatic carbocycles. The molecule has 0 bridgehead atoms. The lowest BCUT2D eigenvalue weighted by molar-refractivity contribution is 0.670. The fourth-order valence-electron chi connectivity index (χ4n) is 13.7. The lowest BCUT2D eigenvalue weighted by Crippen LogP contribution is -2.33. The molecule has 0 N–H and O–H groups in total. The molecule has 4 nitrogen and oxygen atoms in total. The monoisotopic (exact) mass is 919 g/mol. The van der Waals surface area contributed by atoms with Crippen LogP contribution in [0.25, 0.3) is 94.2 Å². The molecule has 1 atom stereocenters. The molecule has 4 aliphatic rings. The third-order valence-corrected chi connectivity index (χ3v) is 17.5. The van der Waals surface area contributed by atoms with Crippen LogP contribution >= 0.6 is 11.8 Å². The first kappa shape index (κ1) is 38.1. The molecular weight excluding hydrogens is 883 g/mol. The zero-order chi connectivity index (χ0) is 46.2. The summed E-state index contributed by atoms with van der Waals surface area (Å²) in [6, 6.07) is 78.8. The Morgan fingerprint density at radius 3 is 1.82 bits per heavy atom. The Kier molecular flexibility index (Phi) is 7.25. The van der Waals surface area contributed by atoms with Crippen LogP contribution in [0.4, 0.5) is 0 Å². The summed E-state index contributed by atoms with van der Waals surface area (Å²) in [5.41, 5.74) is 23.4. The maximum atomic E-state index is 6.56. The smallest absolute Gasteiger partial charge is 0.143 e. The molecule has 0 saturated carbocycles. The van der Waals surface area contributed by atoms with Gasteiger partial charge in [0.1, 0.15) is 11.2 Å². The van der Waals surface area contributed by atoms with Crippen molar-refractivity contribution < 1.29 is 4.42 Å². The van der Waals surface area contributed by atoms with E-state index in [2.05, 4.69) is 217 Å². The first-order valence-electron chi connectivity index (χ1n) is 24.4. The summed E-state index contributed by atoms with van der Waals surface area (Å²) < 4.78 is 8.97. The normalized spacial score (nSPS) is 16.0. The molecule has 1 aliphatic heterocycles. The van der Waals surface area contributed by atoms with Gasteiger partial charge < -0.3 is 8.98 Å². The maximum Gasteiger partial charge on any atom is 0.143 e. The summed E-state index contributed by atoms with van der Waals surface area (Å²) >= 11 is 1.90. The van der Waals surface area contributed by atoms with E-state index in [1.165, 1.54) is 76.2 Å². The van der Waals surface area contributed by atoms with Gasteiger partial charge in [-0.3, -0.25) is 9.97 Å². The van der Waals surface area contributed by atoms with Crippen molar-refractivity contribution in [3.63, 3.8) is 0 Å². The highest BCUT2D eigenvalue weighted by Crippen LogP contribution is 2.67. The number of pyridine rings is 2. The van der Waals surface area contributed by atoms with E-state index < -0.39 is 10.8 Å². The summed E-state index contributed by atoms with van der Waals surface area (Å²) in [6.45, 7) is 0. The summed E-state index contributed by atoms with van der Waals surface area (Å²) in [4.78, 5) is 13.2. The number of benzene rings is 9. The van der Waals surface area contributed by atoms with E-state index in [9.17, 15) is 0 Å². The second kappa shape index (κ2) is 13.5. The summed E-state index contributed by atoms with van der Waals surface area (Å²) in [6.07, 6.45) is 3.99. The molecule has 3 aliphatic carbocycles. The van der Waals surface area contributed by atoms with Gasteiger partial charge in [-0.25, -0.2) is 0 Å². The molecule has 0 radical (unpaired) electrons. The Balaban J connectivity index is 0.924. The van der Waals surface area contributed by atoms with E-state index in [0.717, 1.165) is 72.3 Å². The standard InChI is InChI=1S/C66H37N3OS/c1-6-22-49-41(15-1)42-16-2-7-23-50(42)65(49)51-24-8-3-17-43(51)47-35-55-61(36-54(47)65)71-60-29-12-9-25-52(60)66(55)53-26-14-32-67-62(53)63-56(66)34-39(37-68-63)69-57-27-10-4-18-44(57)48-33-38(30-31-58(48)69)40-20-13-21-46-45-19-5-11-28-59(45)70-64(40)46/h1-37H. The molecule has 5 heterocycles. The largest absolute Gasteiger partial charge is 0.455 e. The van der Waals surface area contributed by atoms with Crippen LogP contribution < -0.4 is 0 Å². The Bertz CT molecular complexity index is 4490. The van der Waals surface area contributed by atoms with Crippen molar-refractivity contribution in [2.75, 3.05) is 0 Å². The van der Waals surface area contributed by atoms with E-state index >= 15 is 0 Å². The average molecular weight is 920 g/mol. The van der Waals surface area contributed by atoms with E-state index in [-0.39, 0.29) is 0 Å². The van der Waals surface area contributed by atoms with Crippen molar-refractivity contribution >= 4 is 55.5 Å². The van der Waals surface area contributed by atoms with Gasteiger partial charge in [0.25, 0.3) is 0 Å². The van der Waals surface area contributed by atoms with Crippen LogP contribution in [0.15, 0.2) is 239 Å². The number of rotatable bonds is 2. The molecule has 13 aromatic rings. The average Bonchev–Trinajstić information content (AvgIpc) is 4.23. The van der Waals surface area contributed by atoms with E-state index in [1.807, 2.05) is 24.0 Å². The lowest BCUT2D eigenvalue weighted by Gasteiger charge is -2.40. The predicted molar refractivity (Wildman–Crippen MR) is 287 cm³/mol. The van der Waals surface area contributed by atoms with Crippen LogP contribution in [0.3, 0.4) is 0 Å². The van der Waals surface area contributed by atoms with Crippen molar-refractivity contribution in [3.05, 3.63) is 269 Å². The lowest BCUT2D eigenvalue weighted by atomic mass is 9.66. The van der Waals surface area contributed by atoms with E-state index in [4.69, 9.17) is 14.4 Å². The van der Waals surface area contributed by atoms with Gasteiger partial charge in [0.15, 0.2) is 0 Å². The Morgan fingerprint density at radius 1 is 0.380 bits per heavy atom. The first-order valence-corrected chi connectivity index (χ1v) is 25.2. The number of hydrogen-bond donors (Lipinski definition) is 0. The molecular formula is C66H37N3OS. The summed E-state index contributed by atoms with van der Waals surface area (Å²) in [7, 11) is 0. The molecule has 328 valence electrons. The number of nitrogens with zero attached hydrogens (tertiary/aromatic N) is 3. The molecule has 0 amide bonds. The van der Waals surface area contributed by atoms with Crippen molar-refractivity contribution in [2.24, 2.45) is 0 Å². The first-order chi connectivity index (χ1) is 35.2. The highest BCUT2D eigenvalue weighted by atomic mass is 32.2. The third-order valence-electron chi connectivity index (χ3n) is 16.4. The molecule has 17 rings (SSSR count). The van der Waals surface area contributed by atoms with Crippen LogP contribution in [0.1, 0.15) is 44.5 Å². The minimum atomic E-state index is -0.707. The van der Waals surface area contributed by atoms with Crippen molar-refractivity contribution in [3.8, 4) is 50.5 Å². The number of aromatic nitrogens is 3. The maximum absolute atomic E-state index is 6.56. The number of hydrogen-bond acceptors (Lipinski definition) is 4. The topological polar surface area (TPSA) is 43.9 Å². The zero-order valence-corrected chi connectivity index (χ0v) is 38.8. The molecule has 4 aromatic heterocycles. The van der Waals surface area contributed by atoms with Gasteiger partial charge in [-0.2, -0.15) is 0 Å². The quantitative estimate of drug-likeness (QED) is 0.173. The SMILES string of the molecule is c1ccc2c(c1)Sc1cc3c(cc1C21c2cccnc2-c2ncc(-n4c5ccccc5c5cc(-c6cccc7c6oc6ccccc67)ccc54)cc21)-c1ccccc1C31c2ccccc2-c2ccccc21. The third kappa shape index (κ3) is 4.59. The van der Waals surface area contributed by atoms with Crippen LogP contribution in [0, 0.1) is 0 Å². The highest BCUT2D eigenvalue weighted by molar-refractivity contribution is 7.99. The molecule has 2 spiro atoms. The van der Waals surface area contributed by atoms with E-state index in [0.29, 0.717) is 0 Å². The minimum absolute atomic E-state index is 0.449. The Hall–Kier alpha value is -8.77. The van der Waals surface area contributed by atoms with Gasteiger partial charge in [-0.15, -0.1) is 0 Å². The molecule has 1 unspecified atom stereocenters. The zero-order valence-electron chi connectivity index (χ0n) is 38.0. The van der Waals surface area contributed by atoms with E-state index in [1.54, 1.807) is 0 Å². The van der Waals surface area contributed by atoms with Crippen LogP contribution in [-0.4, -0.2) is 14.5 Å². The van der Waals surface area contributed by atoms with Gasteiger partial charge in [0, 0.05) is 48.7 Å². The fraction of sp³-hybridized carbons (Fsp3) is 0.0303. The number of fused-ring (bicyclic) bond motifs is 25.